The first-order chi connectivity index (χ1) is 7.20. The van der Waals surface area contributed by atoms with Crippen molar-refractivity contribution in [3.8, 4) is 0 Å². The number of rotatable bonds is 2. The van der Waals surface area contributed by atoms with E-state index in [2.05, 4.69) is 11.9 Å². The Bertz CT molecular complexity index is 467. The predicted molar refractivity (Wildman–Crippen MR) is 64.3 cm³/mol. The van der Waals surface area contributed by atoms with Crippen LogP contribution in [0.25, 0.3) is 0 Å². The van der Waals surface area contributed by atoms with E-state index in [9.17, 15) is 0 Å². The third-order valence-corrected chi connectivity index (χ3v) is 3.55. The van der Waals surface area contributed by atoms with Crippen LogP contribution in [0.5, 0.6) is 0 Å². The second-order valence-electron chi connectivity index (χ2n) is 3.31. The maximum absolute atomic E-state index is 6.16. The van der Waals surface area contributed by atoms with Crippen molar-refractivity contribution in [2.75, 3.05) is 0 Å². The van der Waals surface area contributed by atoms with Crippen LogP contribution in [0.4, 0.5) is 0 Å². The Kier molecular flexibility index (Phi) is 3.05. The zero-order valence-corrected chi connectivity index (χ0v) is 9.85. The largest absolute Gasteiger partial charge is 0.320 e. The molecule has 0 aliphatic rings. The van der Waals surface area contributed by atoms with E-state index in [0.717, 1.165) is 11.1 Å². The van der Waals surface area contributed by atoms with Crippen molar-refractivity contribution < 1.29 is 0 Å². The molecule has 0 bridgehead atoms. The minimum absolute atomic E-state index is 0.160. The molecule has 2 heterocycles. The van der Waals surface area contributed by atoms with Gasteiger partial charge in [0.1, 0.15) is 0 Å². The molecule has 0 aliphatic carbocycles. The highest BCUT2D eigenvalue weighted by atomic mass is 35.5. The molecule has 0 saturated carbocycles. The molecule has 0 saturated heterocycles. The average molecular weight is 239 g/mol. The van der Waals surface area contributed by atoms with Crippen LogP contribution in [0.15, 0.2) is 29.9 Å². The number of pyridine rings is 1. The van der Waals surface area contributed by atoms with Crippen molar-refractivity contribution in [1.82, 2.24) is 4.98 Å². The van der Waals surface area contributed by atoms with Gasteiger partial charge in [0.25, 0.3) is 0 Å². The third kappa shape index (κ3) is 2.04. The van der Waals surface area contributed by atoms with Gasteiger partial charge in [-0.2, -0.15) is 0 Å². The van der Waals surface area contributed by atoms with E-state index < -0.39 is 0 Å². The summed E-state index contributed by atoms with van der Waals surface area (Å²) in [4.78, 5) is 5.18. The van der Waals surface area contributed by atoms with Crippen LogP contribution in [0, 0.1) is 6.92 Å². The Labute approximate surface area is 97.7 Å². The van der Waals surface area contributed by atoms with Gasteiger partial charge in [-0.1, -0.05) is 11.6 Å². The molecule has 2 aromatic heterocycles. The van der Waals surface area contributed by atoms with Crippen LogP contribution in [-0.4, -0.2) is 4.98 Å². The number of hydrogen-bond acceptors (Lipinski definition) is 3. The van der Waals surface area contributed by atoms with E-state index >= 15 is 0 Å². The Morgan fingerprint density at radius 1 is 1.40 bits per heavy atom. The summed E-state index contributed by atoms with van der Waals surface area (Å²) in [5.41, 5.74) is 8.21. The Hall–Kier alpha value is -0.900. The molecule has 0 fully saturated rings. The van der Waals surface area contributed by atoms with Gasteiger partial charge < -0.3 is 5.73 Å². The maximum atomic E-state index is 6.16. The zero-order valence-electron chi connectivity index (χ0n) is 8.27. The van der Waals surface area contributed by atoms with Gasteiger partial charge in [0.2, 0.25) is 0 Å². The molecule has 2 nitrogen and oxygen atoms in total. The second-order valence-corrected chi connectivity index (χ2v) is 4.83. The normalized spacial score (nSPS) is 12.7. The molecule has 0 radical (unpaired) electrons. The Morgan fingerprint density at radius 2 is 2.20 bits per heavy atom. The maximum Gasteiger partial charge on any atom is 0.0640 e. The lowest BCUT2D eigenvalue weighted by molar-refractivity contribution is 0.866. The van der Waals surface area contributed by atoms with Crippen LogP contribution >= 0.6 is 22.9 Å². The first-order valence-electron chi connectivity index (χ1n) is 4.59. The Balaban J connectivity index is 2.41. The van der Waals surface area contributed by atoms with E-state index in [4.69, 9.17) is 17.3 Å². The van der Waals surface area contributed by atoms with Crippen molar-refractivity contribution in [2.45, 2.75) is 13.0 Å². The summed E-state index contributed by atoms with van der Waals surface area (Å²) in [5, 5.41) is 2.66. The van der Waals surface area contributed by atoms with E-state index in [1.165, 1.54) is 4.88 Å². The number of aryl methyl sites for hydroxylation is 1. The summed E-state index contributed by atoms with van der Waals surface area (Å²) >= 11 is 7.74. The van der Waals surface area contributed by atoms with Gasteiger partial charge in [0, 0.05) is 17.3 Å². The molecule has 2 rings (SSSR count). The molecule has 1 unspecified atom stereocenters. The number of nitrogens with zero attached hydrogens (tertiary/aromatic N) is 1. The van der Waals surface area contributed by atoms with E-state index in [1.54, 1.807) is 23.7 Å². The van der Waals surface area contributed by atoms with Gasteiger partial charge in [-0.05, 0) is 35.6 Å². The van der Waals surface area contributed by atoms with Crippen molar-refractivity contribution in [2.24, 2.45) is 5.73 Å². The molecule has 0 spiro atoms. The topological polar surface area (TPSA) is 38.9 Å². The van der Waals surface area contributed by atoms with Crippen molar-refractivity contribution >= 4 is 22.9 Å². The van der Waals surface area contributed by atoms with Crippen LogP contribution in [0.1, 0.15) is 22.0 Å². The molecule has 0 amide bonds. The lowest BCUT2D eigenvalue weighted by Gasteiger charge is -2.13. The highest BCUT2D eigenvalue weighted by Gasteiger charge is 2.14. The summed E-state index contributed by atoms with van der Waals surface area (Å²) in [6, 6.07) is 3.75. The van der Waals surface area contributed by atoms with Crippen LogP contribution < -0.4 is 5.73 Å². The van der Waals surface area contributed by atoms with E-state index in [-0.39, 0.29) is 6.04 Å². The summed E-state index contributed by atoms with van der Waals surface area (Å²) in [7, 11) is 0. The lowest BCUT2D eigenvalue weighted by atomic mass is 10.0. The van der Waals surface area contributed by atoms with Gasteiger partial charge >= 0.3 is 0 Å². The SMILES string of the molecule is Cc1sccc1C(N)c1ccncc1Cl. The fourth-order valence-electron chi connectivity index (χ4n) is 1.52. The highest BCUT2D eigenvalue weighted by Crippen LogP contribution is 2.29. The molecule has 15 heavy (non-hydrogen) atoms. The predicted octanol–water partition coefficient (Wildman–Crippen LogP) is 3.15. The first kappa shape index (κ1) is 10.6. The zero-order chi connectivity index (χ0) is 10.8. The minimum Gasteiger partial charge on any atom is -0.320 e. The average Bonchev–Trinajstić information content (AvgIpc) is 2.64. The molecular weight excluding hydrogens is 228 g/mol. The fraction of sp³-hybridized carbons (Fsp3) is 0.182. The monoisotopic (exact) mass is 238 g/mol. The van der Waals surface area contributed by atoms with Crippen LogP contribution in [0.3, 0.4) is 0 Å². The summed E-state index contributed by atoms with van der Waals surface area (Å²) < 4.78 is 0. The number of hydrogen-bond donors (Lipinski definition) is 1. The van der Waals surface area contributed by atoms with Gasteiger partial charge in [-0.25, -0.2) is 0 Å². The number of nitrogens with two attached hydrogens (primary N) is 1. The van der Waals surface area contributed by atoms with Crippen molar-refractivity contribution in [3.05, 3.63) is 50.9 Å². The fourth-order valence-corrected chi connectivity index (χ4v) is 2.51. The van der Waals surface area contributed by atoms with E-state index in [0.29, 0.717) is 5.02 Å². The lowest BCUT2D eigenvalue weighted by Crippen LogP contribution is -2.12. The molecular formula is C11H11ClN2S. The molecule has 4 heteroatoms. The van der Waals surface area contributed by atoms with Crippen LogP contribution in [0.2, 0.25) is 5.02 Å². The third-order valence-electron chi connectivity index (χ3n) is 2.37. The first-order valence-corrected chi connectivity index (χ1v) is 5.85. The number of aromatic nitrogens is 1. The van der Waals surface area contributed by atoms with Crippen molar-refractivity contribution in [3.63, 3.8) is 0 Å². The molecule has 2 N–H and O–H groups in total. The quantitative estimate of drug-likeness (QED) is 0.873. The number of halogens is 1. The van der Waals surface area contributed by atoms with Gasteiger partial charge in [0.15, 0.2) is 0 Å². The minimum atomic E-state index is -0.160. The summed E-state index contributed by atoms with van der Waals surface area (Å²) in [6.07, 6.45) is 3.33. The van der Waals surface area contributed by atoms with Gasteiger partial charge in [-0.15, -0.1) is 11.3 Å². The Morgan fingerprint density at radius 3 is 2.80 bits per heavy atom. The highest BCUT2D eigenvalue weighted by molar-refractivity contribution is 7.10. The summed E-state index contributed by atoms with van der Waals surface area (Å²) in [6.45, 7) is 2.06. The van der Waals surface area contributed by atoms with Crippen molar-refractivity contribution in [1.29, 1.82) is 0 Å². The van der Waals surface area contributed by atoms with E-state index in [1.807, 2.05) is 17.5 Å². The van der Waals surface area contributed by atoms with Crippen LogP contribution in [-0.2, 0) is 0 Å². The summed E-state index contributed by atoms with van der Waals surface area (Å²) in [5.74, 6) is 0. The standard InChI is InChI=1S/C11H11ClN2S/c1-7-8(3-5-15-7)11(13)9-2-4-14-6-10(9)12/h2-6,11H,13H2,1H3. The number of thiophene rings is 1. The molecule has 0 aliphatic heterocycles. The molecule has 0 aromatic carbocycles. The van der Waals surface area contributed by atoms with Gasteiger partial charge in [0.05, 0.1) is 11.1 Å². The molecule has 2 aromatic rings. The second kappa shape index (κ2) is 4.31. The molecule has 1 atom stereocenters. The smallest absolute Gasteiger partial charge is 0.0640 e. The molecule has 78 valence electrons. The van der Waals surface area contributed by atoms with Gasteiger partial charge in [-0.3, -0.25) is 4.98 Å².